The van der Waals surface area contributed by atoms with Crippen molar-refractivity contribution in [2.45, 2.75) is 26.9 Å². The van der Waals surface area contributed by atoms with Gasteiger partial charge in [-0.3, -0.25) is 14.6 Å². The molecule has 26 heavy (non-hydrogen) atoms. The SMILES string of the molecule is CC(C)CCN(C)C(=O)C(=O)Nc1ccc(OC(F)F)c2ncccc12. The summed E-state index contributed by atoms with van der Waals surface area (Å²) in [4.78, 5) is 29.8. The standard InChI is InChI=1S/C18H21F2N3O3/c1-11(2)8-10-23(3)17(25)16(24)22-13-6-7-14(26-18(19)20)15-12(13)5-4-9-21-15/h4-7,9,11,18H,8,10H2,1-3H3,(H,22,24). The molecular formula is C18H21F2N3O3. The topological polar surface area (TPSA) is 71.5 Å². The molecule has 0 aliphatic carbocycles. The van der Waals surface area contributed by atoms with Crippen molar-refractivity contribution in [3.05, 3.63) is 30.5 Å². The second kappa shape index (κ2) is 8.55. The van der Waals surface area contributed by atoms with E-state index in [-0.39, 0.29) is 11.3 Å². The summed E-state index contributed by atoms with van der Waals surface area (Å²) in [5, 5.41) is 2.92. The second-order valence-electron chi connectivity index (χ2n) is 6.25. The average Bonchev–Trinajstić information content (AvgIpc) is 2.60. The molecule has 1 N–H and O–H groups in total. The minimum atomic E-state index is -2.99. The van der Waals surface area contributed by atoms with Crippen LogP contribution in [0.15, 0.2) is 30.5 Å². The van der Waals surface area contributed by atoms with Gasteiger partial charge in [0.25, 0.3) is 0 Å². The molecule has 0 spiro atoms. The quantitative estimate of drug-likeness (QED) is 0.798. The third-order valence-electron chi connectivity index (χ3n) is 3.78. The van der Waals surface area contributed by atoms with Crippen LogP contribution in [-0.4, -0.2) is 41.9 Å². The molecule has 0 radical (unpaired) electrons. The number of carbonyl (C=O) groups excluding carboxylic acids is 2. The lowest BCUT2D eigenvalue weighted by molar-refractivity contribution is -0.142. The van der Waals surface area contributed by atoms with Crippen molar-refractivity contribution in [1.29, 1.82) is 0 Å². The number of benzene rings is 1. The minimum Gasteiger partial charge on any atom is -0.432 e. The molecule has 2 rings (SSSR count). The summed E-state index contributed by atoms with van der Waals surface area (Å²) in [7, 11) is 1.56. The van der Waals surface area contributed by atoms with E-state index in [1.807, 2.05) is 13.8 Å². The zero-order valence-electron chi connectivity index (χ0n) is 14.8. The van der Waals surface area contributed by atoms with E-state index < -0.39 is 18.4 Å². The molecule has 0 atom stereocenters. The highest BCUT2D eigenvalue weighted by Crippen LogP contribution is 2.30. The van der Waals surface area contributed by atoms with E-state index in [0.29, 0.717) is 23.5 Å². The van der Waals surface area contributed by atoms with Crippen molar-refractivity contribution in [3.8, 4) is 5.75 Å². The van der Waals surface area contributed by atoms with Crippen molar-refractivity contribution < 1.29 is 23.1 Å². The van der Waals surface area contributed by atoms with Crippen molar-refractivity contribution >= 4 is 28.4 Å². The highest BCUT2D eigenvalue weighted by molar-refractivity contribution is 6.40. The number of ether oxygens (including phenoxy) is 1. The Bertz CT molecular complexity index is 796. The van der Waals surface area contributed by atoms with Crippen LogP contribution in [0.5, 0.6) is 5.75 Å². The zero-order chi connectivity index (χ0) is 19.3. The first-order valence-corrected chi connectivity index (χ1v) is 8.18. The molecule has 0 aliphatic rings. The Balaban J connectivity index is 2.20. The van der Waals surface area contributed by atoms with Gasteiger partial charge in [-0.15, -0.1) is 0 Å². The Hall–Kier alpha value is -2.77. The largest absolute Gasteiger partial charge is 0.432 e. The Labute approximate surface area is 150 Å². The van der Waals surface area contributed by atoms with Gasteiger partial charge in [0.1, 0.15) is 5.52 Å². The summed E-state index contributed by atoms with van der Waals surface area (Å²) in [5.41, 5.74) is 0.469. The van der Waals surface area contributed by atoms with E-state index in [4.69, 9.17) is 0 Å². The molecule has 1 aromatic carbocycles. The van der Waals surface area contributed by atoms with Gasteiger partial charge in [-0.05, 0) is 36.6 Å². The number of rotatable bonds is 6. The molecule has 0 bridgehead atoms. The van der Waals surface area contributed by atoms with E-state index in [1.165, 1.54) is 23.2 Å². The van der Waals surface area contributed by atoms with Crippen molar-refractivity contribution in [2.24, 2.45) is 5.92 Å². The van der Waals surface area contributed by atoms with Gasteiger partial charge in [0.05, 0.1) is 5.69 Å². The van der Waals surface area contributed by atoms with Gasteiger partial charge in [0.2, 0.25) is 0 Å². The lowest BCUT2D eigenvalue weighted by Gasteiger charge is -2.18. The second-order valence-corrected chi connectivity index (χ2v) is 6.25. The molecule has 0 unspecified atom stereocenters. The summed E-state index contributed by atoms with van der Waals surface area (Å²) < 4.78 is 29.5. The lowest BCUT2D eigenvalue weighted by Crippen LogP contribution is -2.38. The predicted octanol–water partition coefficient (Wildman–Crippen LogP) is 3.28. The fraction of sp³-hybridized carbons (Fsp3) is 0.389. The van der Waals surface area contributed by atoms with Gasteiger partial charge in [0, 0.05) is 25.2 Å². The Morgan fingerprint density at radius 3 is 2.65 bits per heavy atom. The first-order chi connectivity index (χ1) is 12.3. The number of carbonyl (C=O) groups is 2. The molecule has 8 heteroatoms. The smallest absolute Gasteiger partial charge is 0.387 e. The number of hydrogen-bond acceptors (Lipinski definition) is 4. The lowest BCUT2D eigenvalue weighted by atomic mass is 10.1. The molecule has 1 aromatic heterocycles. The number of nitrogens with one attached hydrogen (secondary N) is 1. The van der Waals surface area contributed by atoms with Crippen LogP contribution in [0.4, 0.5) is 14.5 Å². The van der Waals surface area contributed by atoms with Crippen LogP contribution in [0.25, 0.3) is 10.9 Å². The average molecular weight is 365 g/mol. The van der Waals surface area contributed by atoms with E-state index in [2.05, 4.69) is 15.0 Å². The van der Waals surface area contributed by atoms with Crippen LogP contribution < -0.4 is 10.1 Å². The molecule has 1 heterocycles. The van der Waals surface area contributed by atoms with Crippen LogP contribution in [-0.2, 0) is 9.59 Å². The Kier molecular flexibility index (Phi) is 6.43. The number of amides is 2. The summed E-state index contributed by atoms with van der Waals surface area (Å²) in [6.45, 7) is 1.53. The first kappa shape index (κ1) is 19.6. The molecule has 6 nitrogen and oxygen atoms in total. The van der Waals surface area contributed by atoms with Gasteiger partial charge in [-0.25, -0.2) is 0 Å². The number of aromatic nitrogens is 1. The zero-order valence-corrected chi connectivity index (χ0v) is 14.8. The molecule has 0 saturated carbocycles. The molecule has 2 amide bonds. The molecule has 0 aliphatic heterocycles. The van der Waals surface area contributed by atoms with E-state index in [0.717, 1.165) is 6.42 Å². The van der Waals surface area contributed by atoms with E-state index in [9.17, 15) is 18.4 Å². The monoisotopic (exact) mass is 365 g/mol. The summed E-state index contributed by atoms with van der Waals surface area (Å²) >= 11 is 0. The molecule has 140 valence electrons. The number of alkyl halides is 2. The predicted molar refractivity (Wildman–Crippen MR) is 94.1 cm³/mol. The fourth-order valence-electron chi connectivity index (χ4n) is 2.35. The van der Waals surface area contributed by atoms with Crippen LogP contribution in [0.1, 0.15) is 20.3 Å². The van der Waals surface area contributed by atoms with Gasteiger partial charge in [0.15, 0.2) is 5.75 Å². The van der Waals surface area contributed by atoms with Gasteiger partial charge >= 0.3 is 18.4 Å². The normalized spacial score (nSPS) is 11.0. The highest BCUT2D eigenvalue weighted by atomic mass is 19.3. The van der Waals surface area contributed by atoms with Gasteiger partial charge in [-0.1, -0.05) is 13.8 Å². The molecule has 0 saturated heterocycles. The summed E-state index contributed by atoms with van der Waals surface area (Å²) in [6, 6.07) is 5.88. The minimum absolute atomic E-state index is 0.103. The third kappa shape index (κ3) is 4.87. The number of hydrogen-bond donors (Lipinski definition) is 1. The van der Waals surface area contributed by atoms with Crippen molar-refractivity contribution in [1.82, 2.24) is 9.88 Å². The Morgan fingerprint density at radius 2 is 2.00 bits per heavy atom. The van der Waals surface area contributed by atoms with Crippen LogP contribution >= 0.6 is 0 Å². The Morgan fingerprint density at radius 1 is 1.27 bits per heavy atom. The molecule has 2 aromatic rings. The number of likely N-dealkylation sites (N-methyl/N-ethyl adjacent to an activating group) is 1. The van der Waals surface area contributed by atoms with Crippen molar-refractivity contribution in [2.75, 3.05) is 18.9 Å². The molecule has 0 fully saturated rings. The third-order valence-corrected chi connectivity index (χ3v) is 3.78. The van der Waals surface area contributed by atoms with Crippen LogP contribution in [0.2, 0.25) is 0 Å². The van der Waals surface area contributed by atoms with Gasteiger partial charge in [-0.2, -0.15) is 8.78 Å². The first-order valence-electron chi connectivity index (χ1n) is 8.18. The number of anilines is 1. The van der Waals surface area contributed by atoms with E-state index >= 15 is 0 Å². The number of pyridine rings is 1. The van der Waals surface area contributed by atoms with E-state index in [1.54, 1.807) is 19.2 Å². The fourth-order valence-corrected chi connectivity index (χ4v) is 2.35. The number of fused-ring (bicyclic) bond motifs is 1. The van der Waals surface area contributed by atoms with Crippen molar-refractivity contribution in [3.63, 3.8) is 0 Å². The van der Waals surface area contributed by atoms with Gasteiger partial charge < -0.3 is 15.0 Å². The number of nitrogens with zero attached hydrogens (tertiary/aromatic N) is 2. The maximum Gasteiger partial charge on any atom is 0.387 e. The highest BCUT2D eigenvalue weighted by Gasteiger charge is 2.20. The summed E-state index contributed by atoms with van der Waals surface area (Å²) in [6.07, 6.45) is 2.21. The molecular weight excluding hydrogens is 344 g/mol. The van der Waals surface area contributed by atoms with Crippen LogP contribution in [0.3, 0.4) is 0 Å². The maximum absolute atomic E-state index is 12.5. The maximum atomic E-state index is 12.5. The number of halogens is 2. The summed E-state index contributed by atoms with van der Waals surface area (Å²) in [5.74, 6) is -1.17. The van der Waals surface area contributed by atoms with Crippen LogP contribution in [0, 0.1) is 5.92 Å².